The van der Waals surface area contributed by atoms with Gasteiger partial charge in [0.1, 0.15) is 0 Å². The molecule has 0 atom stereocenters. The van der Waals surface area contributed by atoms with E-state index >= 15 is 0 Å². The fraction of sp³-hybridized carbons (Fsp3) is 0.182. The normalized spacial score (nSPS) is 11.4. The third-order valence-corrected chi connectivity index (χ3v) is 2.71. The summed E-state index contributed by atoms with van der Waals surface area (Å²) >= 11 is 0. The van der Waals surface area contributed by atoms with Gasteiger partial charge in [0.25, 0.3) is 0 Å². The number of rotatable bonds is 0. The third kappa shape index (κ3) is 1.21. The molecule has 2 N–H and O–H groups in total. The standard InChI is InChI=1S/C11H10N4O/c1-5-6(2)13-8-4-10-9(3-7(8)12-5)14-11(16)15-10/h3-4H,1-2H3,(H2,14,15,16). The topological polar surface area (TPSA) is 74.4 Å². The molecule has 0 aliphatic heterocycles. The molecule has 1 aromatic carbocycles. The minimum Gasteiger partial charge on any atom is -0.306 e. The van der Waals surface area contributed by atoms with Gasteiger partial charge in [-0.25, -0.2) is 14.8 Å². The van der Waals surface area contributed by atoms with Crippen molar-refractivity contribution in [2.24, 2.45) is 0 Å². The fourth-order valence-corrected chi connectivity index (χ4v) is 1.76. The van der Waals surface area contributed by atoms with E-state index in [9.17, 15) is 4.79 Å². The third-order valence-electron chi connectivity index (χ3n) is 2.71. The highest BCUT2D eigenvalue weighted by Crippen LogP contribution is 2.17. The molecule has 2 aromatic heterocycles. The van der Waals surface area contributed by atoms with Crippen LogP contribution in [-0.2, 0) is 0 Å². The maximum absolute atomic E-state index is 11.1. The van der Waals surface area contributed by atoms with Crippen molar-refractivity contribution in [2.45, 2.75) is 13.8 Å². The zero-order valence-electron chi connectivity index (χ0n) is 8.96. The summed E-state index contributed by atoms with van der Waals surface area (Å²) in [7, 11) is 0. The first-order valence-electron chi connectivity index (χ1n) is 5.00. The molecule has 0 bridgehead atoms. The number of fused-ring (bicyclic) bond motifs is 2. The van der Waals surface area contributed by atoms with Crippen LogP contribution in [0.1, 0.15) is 11.4 Å². The Morgan fingerprint density at radius 2 is 1.38 bits per heavy atom. The molecule has 5 nitrogen and oxygen atoms in total. The molecular formula is C11H10N4O. The number of imidazole rings is 1. The van der Waals surface area contributed by atoms with Gasteiger partial charge in [0.2, 0.25) is 0 Å². The van der Waals surface area contributed by atoms with Crippen molar-refractivity contribution in [3.8, 4) is 0 Å². The van der Waals surface area contributed by atoms with Crippen LogP contribution in [0, 0.1) is 13.8 Å². The highest BCUT2D eigenvalue weighted by atomic mass is 16.1. The molecule has 0 aliphatic rings. The number of aromatic amines is 2. The van der Waals surface area contributed by atoms with E-state index in [1.165, 1.54) is 0 Å². The van der Waals surface area contributed by atoms with E-state index in [0.29, 0.717) is 0 Å². The first-order valence-corrected chi connectivity index (χ1v) is 5.00. The Kier molecular flexibility index (Phi) is 1.65. The lowest BCUT2D eigenvalue weighted by molar-refractivity contribution is 1.10. The Morgan fingerprint density at radius 1 is 0.938 bits per heavy atom. The highest BCUT2D eigenvalue weighted by molar-refractivity contribution is 5.90. The number of nitrogens with one attached hydrogen (secondary N) is 2. The van der Waals surface area contributed by atoms with Gasteiger partial charge in [-0.2, -0.15) is 0 Å². The maximum Gasteiger partial charge on any atom is 0.323 e. The summed E-state index contributed by atoms with van der Waals surface area (Å²) in [6, 6.07) is 3.67. The Bertz CT molecular complexity index is 692. The molecule has 0 amide bonds. The first kappa shape index (κ1) is 9.08. The molecule has 80 valence electrons. The number of nitrogens with zero attached hydrogens (tertiary/aromatic N) is 2. The van der Waals surface area contributed by atoms with Gasteiger partial charge < -0.3 is 9.97 Å². The Morgan fingerprint density at radius 3 is 1.81 bits per heavy atom. The summed E-state index contributed by atoms with van der Waals surface area (Å²) in [4.78, 5) is 25.4. The molecule has 0 unspecified atom stereocenters. The van der Waals surface area contributed by atoms with Gasteiger partial charge in [0.05, 0.1) is 33.5 Å². The van der Waals surface area contributed by atoms with Crippen LogP contribution in [0.25, 0.3) is 22.1 Å². The average molecular weight is 214 g/mol. The predicted octanol–water partition coefficient (Wildman–Crippen LogP) is 1.42. The Balaban J connectivity index is 2.50. The van der Waals surface area contributed by atoms with Crippen LogP contribution in [0.3, 0.4) is 0 Å². The van der Waals surface area contributed by atoms with Crippen molar-refractivity contribution in [3.05, 3.63) is 34.0 Å². The number of benzene rings is 1. The second kappa shape index (κ2) is 2.91. The molecule has 0 fully saturated rings. The SMILES string of the molecule is Cc1nc2cc3[nH]c(=O)[nH]c3cc2nc1C. The number of aryl methyl sites for hydroxylation is 2. The van der Waals surface area contributed by atoms with Crippen molar-refractivity contribution >= 4 is 22.1 Å². The van der Waals surface area contributed by atoms with E-state index in [4.69, 9.17) is 0 Å². The smallest absolute Gasteiger partial charge is 0.306 e. The summed E-state index contributed by atoms with van der Waals surface area (Å²) in [6.45, 7) is 3.84. The number of aromatic nitrogens is 4. The second-order valence-electron chi connectivity index (χ2n) is 3.86. The molecule has 16 heavy (non-hydrogen) atoms. The molecule has 2 heterocycles. The first-order chi connectivity index (χ1) is 7.63. The Hall–Kier alpha value is -2.17. The zero-order chi connectivity index (χ0) is 11.3. The number of hydrogen-bond donors (Lipinski definition) is 2. The maximum atomic E-state index is 11.1. The van der Waals surface area contributed by atoms with Gasteiger partial charge in [0, 0.05) is 0 Å². The van der Waals surface area contributed by atoms with Crippen LogP contribution in [-0.4, -0.2) is 19.9 Å². The molecule has 3 rings (SSSR count). The average Bonchev–Trinajstić information content (AvgIpc) is 2.56. The lowest BCUT2D eigenvalue weighted by Crippen LogP contribution is -1.99. The monoisotopic (exact) mass is 214 g/mol. The van der Waals surface area contributed by atoms with E-state index in [-0.39, 0.29) is 5.69 Å². The molecular weight excluding hydrogens is 204 g/mol. The van der Waals surface area contributed by atoms with E-state index in [0.717, 1.165) is 33.5 Å². The minimum atomic E-state index is -0.209. The minimum absolute atomic E-state index is 0.209. The van der Waals surface area contributed by atoms with E-state index < -0.39 is 0 Å². The summed E-state index contributed by atoms with van der Waals surface area (Å²) in [5.41, 5.74) is 4.72. The van der Waals surface area contributed by atoms with Crippen LogP contribution in [0.2, 0.25) is 0 Å². The highest BCUT2D eigenvalue weighted by Gasteiger charge is 2.05. The van der Waals surface area contributed by atoms with Crippen molar-refractivity contribution in [1.82, 2.24) is 19.9 Å². The summed E-state index contributed by atoms with van der Waals surface area (Å²) in [5.74, 6) is 0. The van der Waals surface area contributed by atoms with Gasteiger partial charge in [0.15, 0.2) is 0 Å². The second-order valence-corrected chi connectivity index (χ2v) is 3.86. The molecule has 0 saturated heterocycles. The van der Waals surface area contributed by atoms with Crippen LogP contribution >= 0.6 is 0 Å². The Labute approximate surface area is 90.6 Å². The van der Waals surface area contributed by atoms with Gasteiger partial charge in [-0.15, -0.1) is 0 Å². The fourth-order valence-electron chi connectivity index (χ4n) is 1.76. The van der Waals surface area contributed by atoms with Crippen LogP contribution in [0.15, 0.2) is 16.9 Å². The van der Waals surface area contributed by atoms with Crippen LogP contribution < -0.4 is 5.69 Å². The molecule has 5 heteroatoms. The van der Waals surface area contributed by atoms with Crippen LogP contribution in [0.5, 0.6) is 0 Å². The summed E-state index contributed by atoms with van der Waals surface area (Å²) in [6.07, 6.45) is 0. The molecule has 0 aliphatic carbocycles. The number of hydrogen-bond acceptors (Lipinski definition) is 3. The number of H-pyrrole nitrogens is 2. The molecule has 0 saturated carbocycles. The van der Waals surface area contributed by atoms with E-state index in [1.807, 2.05) is 26.0 Å². The van der Waals surface area contributed by atoms with Crippen molar-refractivity contribution in [1.29, 1.82) is 0 Å². The quantitative estimate of drug-likeness (QED) is 0.594. The van der Waals surface area contributed by atoms with E-state index in [2.05, 4.69) is 19.9 Å². The summed E-state index contributed by atoms with van der Waals surface area (Å²) < 4.78 is 0. The zero-order valence-corrected chi connectivity index (χ0v) is 8.96. The van der Waals surface area contributed by atoms with Gasteiger partial charge in [-0.3, -0.25) is 0 Å². The lowest BCUT2D eigenvalue weighted by Gasteiger charge is -2.01. The van der Waals surface area contributed by atoms with Crippen molar-refractivity contribution in [3.63, 3.8) is 0 Å². The van der Waals surface area contributed by atoms with Crippen molar-refractivity contribution < 1.29 is 0 Å². The summed E-state index contributed by atoms with van der Waals surface area (Å²) in [5, 5.41) is 0. The predicted molar refractivity (Wildman–Crippen MR) is 61.5 cm³/mol. The van der Waals surface area contributed by atoms with Crippen LogP contribution in [0.4, 0.5) is 0 Å². The lowest BCUT2D eigenvalue weighted by atomic mass is 10.2. The van der Waals surface area contributed by atoms with Gasteiger partial charge in [-0.1, -0.05) is 0 Å². The molecule has 3 aromatic rings. The van der Waals surface area contributed by atoms with E-state index in [1.54, 1.807) is 0 Å². The molecule has 0 radical (unpaired) electrons. The molecule has 0 spiro atoms. The van der Waals surface area contributed by atoms with Crippen molar-refractivity contribution in [2.75, 3.05) is 0 Å². The van der Waals surface area contributed by atoms with Gasteiger partial charge >= 0.3 is 5.69 Å². The van der Waals surface area contributed by atoms with Gasteiger partial charge in [-0.05, 0) is 26.0 Å². The largest absolute Gasteiger partial charge is 0.323 e.